The van der Waals surface area contributed by atoms with Crippen LogP contribution in [-0.2, 0) is 11.2 Å². The maximum Gasteiger partial charge on any atom is 0.263 e. The molecule has 1 fully saturated rings. The van der Waals surface area contributed by atoms with Crippen molar-refractivity contribution in [2.75, 3.05) is 5.32 Å². The minimum Gasteiger partial charge on any atom is -0.360 e. The minimum atomic E-state index is -0.282. The van der Waals surface area contributed by atoms with E-state index in [0.717, 1.165) is 43.4 Å². The average Bonchev–Trinajstić information content (AvgIpc) is 2.56. The molecule has 0 saturated heterocycles. The first-order chi connectivity index (χ1) is 10.7. The topological polar surface area (TPSA) is 64.9 Å². The van der Waals surface area contributed by atoms with Crippen molar-refractivity contribution in [3.8, 4) is 6.07 Å². The number of carbonyl (C=O) groups excluding carboxylic acids is 1. The van der Waals surface area contributed by atoms with Gasteiger partial charge in [0.05, 0.1) is 0 Å². The Morgan fingerprint density at radius 1 is 1.32 bits per heavy atom. The predicted molar refractivity (Wildman–Crippen MR) is 88.2 cm³/mol. The van der Waals surface area contributed by atoms with Gasteiger partial charge in [0.25, 0.3) is 5.91 Å². The summed E-state index contributed by atoms with van der Waals surface area (Å²) in [5.74, 6) is -0.282. The van der Waals surface area contributed by atoms with Crippen LogP contribution >= 0.6 is 0 Å². The number of nitrogens with zero attached hydrogens (tertiary/aromatic N) is 1. The highest BCUT2D eigenvalue weighted by atomic mass is 16.1. The van der Waals surface area contributed by atoms with E-state index in [4.69, 9.17) is 0 Å². The van der Waals surface area contributed by atoms with Gasteiger partial charge in [0.15, 0.2) is 0 Å². The minimum absolute atomic E-state index is 0.122. The fourth-order valence-electron chi connectivity index (χ4n) is 2.78. The van der Waals surface area contributed by atoms with Gasteiger partial charge in [-0.15, -0.1) is 0 Å². The second-order valence-electron chi connectivity index (χ2n) is 5.63. The van der Waals surface area contributed by atoms with Gasteiger partial charge >= 0.3 is 0 Å². The van der Waals surface area contributed by atoms with Crippen LogP contribution < -0.4 is 10.6 Å². The van der Waals surface area contributed by atoms with E-state index in [1.807, 2.05) is 30.3 Å². The summed E-state index contributed by atoms with van der Waals surface area (Å²) in [5.41, 5.74) is 2.21. The molecule has 1 amide bonds. The summed E-state index contributed by atoms with van der Waals surface area (Å²) in [6.07, 6.45) is 7.97. The van der Waals surface area contributed by atoms with Gasteiger partial charge in [0.2, 0.25) is 0 Å². The third-order valence-electron chi connectivity index (χ3n) is 4.08. The number of anilines is 1. The molecule has 22 heavy (non-hydrogen) atoms. The smallest absolute Gasteiger partial charge is 0.263 e. The van der Waals surface area contributed by atoms with E-state index < -0.39 is 0 Å². The standard InChI is InChI=1S/C18H23N3O/c1-2-14-8-6-7-11-17(14)20-13-15(12-19)18(22)21-16-9-4-3-5-10-16/h6-8,11,13,16,20H,2-5,9-10H2,1H3,(H,21,22)/b15-13-. The first-order valence-corrected chi connectivity index (χ1v) is 8.00. The lowest BCUT2D eigenvalue weighted by atomic mass is 9.95. The van der Waals surface area contributed by atoms with E-state index in [2.05, 4.69) is 17.6 Å². The van der Waals surface area contributed by atoms with E-state index in [-0.39, 0.29) is 17.5 Å². The molecule has 0 aromatic heterocycles. The first kappa shape index (κ1) is 16.1. The second-order valence-corrected chi connectivity index (χ2v) is 5.63. The number of amides is 1. The monoisotopic (exact) mass is 297 g/mol. The van der Waals surface area contributed by atoms with Crippen molar-refractivity contribution in [3.63, 3.8) is 0 Å². The van der Waals surface area contributed by atoms with Crippen molar-refractivity contribution in [1.29, 1.82) is 5.26 Å². The molecule has 1 aromatic carbocycles. The molecular formula is C18H23N3O. The van der Waals surface area contributed by atoms with Crippen molar-refractivity contribution < 1.29 is 4.79 Å². The molecule has 116 valence electrons. The normalized spacial score (nSPS) is 15.9. The number of hydrogen-bond donors (Lipinski definition) is 2. The summed E-state index contributed by atoms with van der Waals surface area (Å²) < 4.78 is 0. The highest BCUT2D eigenvalue weighted by molar-refractivity contribution is 5.97. The molecule has 1 aliphatic carbocycles. The molecule has 4 nitrogen and oxygen atoms in total. The quantitative estimate of drug-likeness (QED) is 0.645. The molecule has 0 radical (unpaired) electrons. The largest absolute Gasteiger partial charge is 0.360 e. The Hall–Kier alpha value is -2.28. The fourth-order valence-corrected chi connectivity index (χ4v) is 2.78. The van der Waals surface area contributed by atoms with E-state index >= 15 is 0 Å². The first-order valence-electron chi connectivity index (χ1n) is 8.00. The van der Waals surface area contributed by atoms with Gasteiger partial charge in [-0.3, -0.25) is 4.79 Å². The Balaban J connectivity index is 2.00. The molecule has 1 aliphatic rings. The van der Waals surface area contributed by atoms with Gasteiger partial charge in [-0.25, -0.2) is 0 Å². The van der Waals surface area contributed by atoms with Crippen molar-refractivity contribution >= 4 is 11.6 Å². The number of carbonyl (C=O) groups is 1. The van der Waals surface area contributed by atoms with Gasteiger partial charge in [0.1, 0.15) is 11.6 Å². The summed E-state index contributed by atoms with van der Waals surface area (Å²) in [5, 5.41) is 15.3. The lowest BCUT2D eigenvalue weighted by Crippen LogP contribution is -2.37. The Bertz CT molecular complexity index is 580. The van der Waals surface area contributed by atoms with Crippen molar-refractivity contribution in [1.82, 2.24) is 5.32 Å². The van der Waals surface area contributed by atoms with Crippen LogP contribution in [0.15, 0.2) is 36.0 Å². The van der Waals surface area contributed by atoms with Crippen LogP contribution in [0.2, 0.25) is 0 Å². The number of para-hydroxylation sites is 1. The zero-order valence-corrected chi connectivity index (χ0v) is 13.1. The Kier molecular flexibility index (Phi) is 6.02. The van der Waals surface area contributed by atoms with Gasteiger partial charge in [0, 0.05) is 17.9 Å². The molecule has 0 unspecified atom stereocenters. The Labute approximate surface area is 132 Å². The number of hydrogen-bond acceptors (Lipinski definition) is 3. The fraction of sp³-hybridized carbons (Fsp3) is 0.444. The third-order valence-corrected chi connectivity index (χ3v) is 4.08. The maximum atomic E-state index is 12.2. The zero-order valence-electron chi connectivity index (χ0n) is 13.1. The average molecular weight is 297 g/mol. The van der Waals surface area contributed by atoms with Crippen LogP contribution in [0.4, 0.5) is 5.69 Å². The highest BCUT2D eigenvalue weighted by Crippen LogP contribution is 2.18. The molecule has 0 bridgehead atoms. The number of benzene rings is 1. The predicted octanol–water partition coefficient (Wildman–Crippen LogP) is 3.52. The molecule has 0 spiro atoms. The van der Waals surface area contributed by atoms with Crippen LogP contribution in [0.25, 0.3) is 0 Å². The van der Waals surface area contributed by atoms with Crippen molar-refractivity contribution in [2.45, 2.75) is 51.5 Å². The Morgan fingerprint density at radius 3 is 2.73 bits per heavy atom. The molecule has 2 N–H and O–H groups in total. The lowest BCUT2D eigenvalue weighted by Gasteiger charge is -2.22. The molecule has 2 rings (SSSR count). The number of nitrogens with one attached hydrogen (secondary N) is 2. The van der Waals surface area contributed by atoms with Crippen molar-refractivity contribution in [3.05, 3.63) is 41.6 Å². The van der Waals surface area contributed by atoms with E-state index in [9.17, 15) is 10.1 Å². The highest BCUT2D eigenvalue weighted by Gasteiger charge is 2.18. The van der Waals surface area contributed by atoms with E-state index in [1.165, 1.54) is 12.6 Å². The van der Waals surface area contributed by atoms with Gasteiger partial charge < -0.3 is 10.6 Å². The van der Waals surface area contributed by atoms with Crippen LogP contribution in [0.5, 0.6) is 0 Å². The van der Waals surface area contributed by atoms with Crippen molar-refractivity contribution in [2.24, 2.45) is 0 Å². The summed E-state index contributed by atoms with van der Waals surface area (Å²) in [6, 6.07) is 10.1. The van der Waals surface area contributed by atoms with Crippen LogP contribution in [0, 0.1) is 11.3 Å². The summed E-state index contributed by atoms with van der Waals surface area (Å²) in [4.78, 5) is 12.2. The van der Waals surface area contributed by atoms with Gasteiger partial charge in [-0.2, -0.15) is 5.26 Å². The molecule has 0 heterocycles. The molecule has 1 aromatic rings. The van der Waals surface area contributed by atoms with Crippen LogP contribution in [0.1, 0.15) is 44.6 Å². The third kappa shape index (κ3) is 4.36. The SMILES string of the molecule is CCc1ccccc1N/C=C(/C#N)C(=O)NC1CCCCC1. The Morgan fingerprint density at radius 2 is 2.05 bits per heavy atom. The zero-order chi connectivity index (χ0) is 15.8. The number of rotatable bonds is 5. The van der Waals surface area contributed by atoms with Crippen LogP contribution in [-0.4, -0.2) is 11.9 Å². The lowest BCUT2D eigenvalue weighted by molar-refractivity contribution is -0.118. The molecule has 0 atom stereocenters. The number of aryl methyl sites for hydroxylation is 1. The second kappa shape index (κ2) is 8.23. The molecule has 1 saturated carbocycles. The van der Waals surface area contributed by atoms with Gasteiger partial charge in [-0.05, 0) is 30.9 Å². The van der Waals surface area contributed by atoms with E-state index in [0.29, 0.717) is 0 Å². The summed E-state index contributed by atoms with van der Waals surface area (Å²) in [6.45, 7) is 2.07. The van der Waals surface area contributed by atoms with Crippen LogP contribution in [0.3, 0.4) is 0 Å². The molecule has 4 heteroatoms. The van der Waals surface area contributed by atoms with E-state index in [1.54, 1.807) is 0 Å². The van der Waals surface area contributed by atoms with Gasteiger partial charge in [-0.1, -0.05) is 44.4 Å². The molecular weight excluding hydrogens is 274 g/mol. The number of nitriles is 1. The maximum absolute atomic E-state index is 12.2. The summed E-state index contributed by atoms with van der Waals surface area (Å²) in [7, 11) is 0. The summed E-state index contributed by atoms with van der Waals surface area (Å²) >= 11 is 0. The molecule has 0 aliphatic heterocycles.